The quantitative estimate of drug-likeness (QED) is 0.153. The molecule has 2 aromatic heterocycles. The molecule has 13 nitrogen and oxygen atoms in total. The number of hydrogen-bond donors (Lipinski definition) is 3. The van der Waals surface area contributed by atoms with E-state index in [-0.39, 0.29) is 48.3 Å². The van der Waals surface area contributed by atoms with Crippen molar-refractivity contribution in [2.24, 2.45) is 5.92 Å². The molecule has 0 radical (unpaired) electrons. The maximum absolute atomic E-state index is 13.8. The van der Waals surface area contributed by atoms with Crippen LogP contribution in [0.3, 0.4) is 0 Å². The van der Waals surface area contributed by atoms with E-state index in [0.29, 0.717) is 0 Å². The number of imidazole rings is 1. The van der Waals surface area contributed by atoms with Crippen molar-refractivity contribution in [2.45, 2.75) is 64.5 Å². The summed E-state index contributed by atoms with van der Waals surface area (Å²) in [5, 5.41) is 13.3. The smallest absolute Gasteiger partial charge is 0.459 e. The van der Waals surface area contributed by atoms with Crippen LogP contribution in [0.2, 0.25) is 0 Å². The third-order valence-corrected chi connectivity index (χ3v) is 8.22. The zero-order valence-corrected chi connectivity index (χ0v) is 23.4. The Morgan fingerprint density at radius 3 is 2.73 bits per heavy atom. The summed E-state index contributed by atoms with van der Waals surface area (Å²) in [6.45, 7) is 5.52. The minimum absolute atomic E-state index is 0.0519. The van der Waals surface area contributed by atoms with Gasteiger partial charge in [0.25, 0.3) is 0 Å². The molecular weight excluding hydrogens is 546 g/mol. The summed E-state index contributed by atoms with van der Waals surface area (Å²) in [4.78, 5) is 23.9. The molecule has 1 saturated heterocycles. The summed E-state index contributed by atoms with van der Waals surface area (Å²) in [6, 6.07) is 7.34. The van der Waals surface area contributed by atoms with Gasteiger partial charge in [-0.25, -0.2) is 9.55 Å². The number of aliphatic hydroxyl groups is 1. The van der Waals surface area contributed by atoms with Crippen LogP contribution in [0.25, 0.3) is 11.2 Å². The Morgan fingerprint density at radius 2 is 2.02 bits per heavy atom. The lowest BCUT2D eigenvalue weighted by atomic mass is 10.1. The number of nitrogens with one attached hydrogen (secondary N) is 1. The molecule has 3 heterocycles. The molecular formula is C25H34FN6O7P. The number of rotatable bonds is 13. The standard InChI is InChI=1S/C25H34FN6O7P/c1-4-16(5-2)12-36-24(34)15(3)31-40(35,39-17-9-7-6-8-10-17)37-13-18-11-19(33)23(38-18)32-14-28-20-21(27)29-25(26)30-22(20)32/h6-10,14-16,18-19,23,33H,4-5,11-13H2,1-3H3,(H,31,35)(H2,27,29,30)/t15-,18-,19+,23+,40+/m0/s1. The van der Waals surface area contributed by atoms with Gasteiger partial charge in [0.2, 0.25) is 0 Å². The van der Waals surface area contributed by atoms with Crippen LogP contribution in [0.15, 0.2) is 36.7 Å². The lowest BCUT2D eigenvalue weighted by Gasteiger charge is -2.24. The molecule has 3 aromatic rings. The minimum Gasteiger partial charge on any atom is -0.464 e. The molecule has 4 N–H and O–H groups in total. The number of aliphatic hydroxyl groups excluding tert-OH is 1. The van der Waals surface area contributed by atoms with Crippen LogP contribution < -0.4 is 15.3 Å². The maximum Gasteiger partial charge on any atom is 0.459 e. The van der Waals surface area contributed by atoms with Gasteiger partial charge in [0.1, 0.15) is 17.9 Å². The molecule has 0 spiro atoms. The molecule has 4 rings (SSSR count). The van der Waals surface area contributed by atoms with E-state index in [2.05, 4.69) is 20.0 Å². The molecule has 1 aliphatic heterocycles. The van der Waals surface area contributed by atoms with Crippen LogP contribution >= 0.6 is 7.75 Å². The first-order valence-corrected chi connectivity index (χ1v) is 14.6. The predicted molar refractivity (Wildman–Crippen MR) is 142 cm³/mol. The van der Waals surface area contributed by atoms with Crippen LogP contribution in [0.4, 0.5) is 10.2 Å². The van der Waals surface area contributed by atoms with Crippen molar-refractivity contribution in [1.29, 1.82) is 0 Å². The van der Waals surface area contributed by atoms with Crippen LogP contribution in [0, 0.1) is 12.0 Å². The van der Waals surface area contributed by atoms with Crippen molar-refractivity contribution < 1.29 is 37.4 Å². The van der Waals surface area contributed by atoms with Crippen molar-refractivity contribution in [2.75, 3.05) is 18.9 Å². The lowest BCUT2D eigenvalue weighted by molar-refractivity contribution is -0.146. The van der Waals surface area contributed by atoms with Gasteiger partial charge in [-0.15, -0.1) is 0 Å². The van der Waals surface area contributed by atoms with Gasteiger partial charge in [-0.3, -0.25) is 13.9 Å². The Kier molecular flexibility index (Phi) is 9.69. The number of para-hydroxylation sites is 1. The first kappa shape index (κ1) is 29.8. The van der Waals surface area contributed by atoms with Gasteiger partial charge in [-0.1, -0.05) is 44.9 Å². The van der Waals surface area contributed by atoms with E-state index < -0.39 is 44.3 Å². The number of halogens is 1. The van der Waals surface area contributed by atoms with Crippen LogP contribution in [-0.4, -0.2) is 62.1 Å². The van der Waals surface area contributed by atoms with Crippen molar-refractivity contribution in [1.82, 2.24) is 24.6 Å². The van der Waals surface area contributed by atoms with Gasteiger partial charge in [-0.05, 0) is 25.0 Å². The highest BCUT2D eigenvalue weighted by atomic mass is 31.2. The number of hydrogen-bond acceptors (Lipinski definition) is 11. The zero-order chi connectivity index (χ0) is 28.9. The van der Waals surface area contributed by atoms with Crippen molar-refractivity contribution in [3.05, 3.63) is 42.7 Å². The average molecular weight is 581 g/mol. The number of carbonyl (C=O) groups is 1. The number of nitrogen functional groups attached to an aromatic ring is 1. The number of nitrogens with two attached hydrogens (primary N) is 1. The van der Waals surface area contributed by atoms with Crippen molar-refractivity contribution in [3.63, 3.8) is 0 Å². The van der Waals surface area contributed by atoms with Gasteiger partial charge in [0, 0.05) is 6.42 Å². The van der Waals surface area contributed by atoms with Gasteiger partial charge in [-0.2, -0.15) is 19.4 Å². The molecule has 218 valence electrons. The third kappa shape index (κ3) is 7.12. The summed E-state index contributed by atoms with van der Waals surface area (Å²) >= 11 is 0. The summed E-state index contributed by atoms with van der Waals surface area (Å²) in [7, 11) is -4.14. The largest absolute Gasteiger partial charge is 0.464 e. The average Bonchev–Trinajstić information content (AvgIpc) is 3.51. The molecule has 0 saturated carbocycles. The van der Waals surface area contributed by atoms with E-state index in [4.69, 9.17) is 24.3 Å². The fourth-order valence-corrected chi connectivity index (χ4v) is 5.74. The van der Waals surface area contributed by atoms with Crippen LogP contribution in [0.5, 0.6) is 5.75 Å². The number of nitrogens with zero attached hydrogens (tertiary/aromatic N) is 4. The monoisotopic (exact) mass is 580 g/mol. The number of esters is 1. The fourth-order valence-electron chi connectivity index (χ4n) is 4.22. The van der Waals surface area contributed by atoms with Gasteiger partial charge in [0.15, 0.2) is 23.2 Å². The van der Waals surface area contributed by atoms with Crippen LogP contribution in [-0.2, 0) is 23.4 Å². The van der Waals surface area contributed by atoms with E-state index in [9.17, 15) is 18.9 Å². The topological polar surface area (TPSA) is 173 Å². The molecule has 5 atom stereocenters. The summed E-state index contributed by atoms with van der Waals surface area (Å²) in [5.41, 5.74) is 5.93. The molecule has 1 aliphatic rings. The highest BCUT2D eigenvalue weighted by Gasteiger charge is 2.39. The zero-order valence-electron chi connectivity index (χ0n) is 22.5. The Morgan fingerprint density at radius 1 is 1.30 bits per heavy atom. The SMILES string of the molecule is CCC(CC)COC(=O)[C@H](C)N[P@@](=O)(OC[C@@H]1C[C@@H](O)[C@H](n2cnc3c(N)nc(F)nc32)O1)Oc1ccccc1. The number of fused-ring (bicyclic) bond motifs is 1. The molecule has 1 fully saturated rings. The number of benzene rings is 1. The van der Waals surface area contributed by atoms with E-state index in [0.717, 1.165) is 12.8 Å². The lowest BCUT2D eigenvalue weighted by Crippen LogP contribution is -2.36. The maximum atomic E-state index is 13.8. The second-order valence-electron chi connectivity index (χ2n) is 9.51. The normalized spacial score (nSPS) is 21.4. The first-order valence-electron chi connectivity index (χ1n) is 13.0. The molecule has 0 aliphatic carbocycles. The Bertz CT molecular complexity index is 1340. The summed E-state index contributed by atoms with van der Waals surface area (Å²) in [6.07, 6.45) is -0.700. The van der Waals surface area contributed by atoms with E-state index in [1.54, 1.807) is 30.3 Å². The Labute approximate surface area is 230 Å². The minimum atomic E-state index is -4.14. The third-order valence-electron chi connectivity index (χ3n) is 6.58. The molecule has 0 amide bonds. The van der Waals surface area contributed by atoms with Crippen molar-refractivity contribution in [3.8, 4) is 5.75 Å². The van der Waals surface area contributed by atoms with E-state index >= 15 is 0 Å². The second kappa shape index (κ2) is 13.0. The molecule has 15 heteroatoms. The fraction of sp³-hybridized carbons (Fsp3) is 0.520. The van der Waals surface area contributed by atoms with E-state index in [1.807, 2.05) is 13.8 Å². The molecule has 0 unspecified atom stereocenters. The van der Waals surface area contributed by atoms with Crippen molar-refractivity contribution >= 4 is 30.7 Å². The molecule has 0 bridgehead atoms. The van der Waals surface area contributed by atoms with Gasteiger partial charge < -0.3 is 24.8 Å². The number of aromatic nitrogens is 4. The van der Waals surface area contributed by atoms with E-state index in [1.165, 1.54) is 17.8 Å². The highest BCUT2D eigenvalue weighted by Crippen LogP contribution is 2.46. The highest BCUT2D eigenvalue weighted by molar-refractivity contribution is 7.52. The second-order valence-corrected chi connectivity index (χ2v) is 11.2. The summed E-state index contributed by atoms with van der Waals surface area (Å²) < 4.78 is 51.6. The Hall–Kier alpha value is -3.16. The number of carbonyl (C=O) groups excluding carboxylic acids is 1. The van der Waals surface area contributed by atoms with Crippen LogP contribution in [0.1, 0.15) is 46.3 Å². The molecule has 1 aromatic carbocycles. The van der Waals surface area contributed by atoms with Gasteiger partial charge in [0.05, 0.1) is 25.6 Å². The number of anilines is 1. The molecule has 40 heavy (non-hydrogen) atoms. The summed E-state index contributed by atoms with van der Waals surface area (Å²) in [5.74, 6) is -0.261. The predicted octanol–water partition coefficient (Wildman–Crippen LogP) is 3.36. The number of ether oxygens (including phenoxy) is 2. The Balaban J connectivity index is 1.44. The van der Waals surface area contributed by atoms with Gasteiger partial charge >= 0.3 is 19.8 Å². The first-order chi connectivity index (χ1) is 19.1.